The monoisotopic (exact) mass is 416 g/mol. The van der Waals surface area contributed by atoms with Gasteiger partial charge in [-0.1, -0.05) is 36.2 Å². The van der Waals surface area contributed by atoms with Crippen LogP contribution in [0.1, 0.15) is 29.5 Å². The zero-order valence-corrected chi connectivity index (χ0v) is 16.6. The van der Waals surface area contributed by atoms with E-state index in [2.05, 4.69) is 10.5 Å². The molecule has 7 heteroatoms. The smallest absolute Gasteiger partial charge is 0.271 e. The first-order chi connectivity index (χ1) is 13.6. The van der Waals surface area contributed by atoms with E-state index in [0.29, 0.717) is 39.3 Å². The van der Waals surface area contributed by atoms with Crippen LogP contribution in [0.5, 0.6) is 5.75 Å². The molecule has 1 aromatic heterocycles. The van der Waals surface area contributed by atoms with Gasteiger partial charge in [0.15, 0.2) is 0 Å². The minimum absolute atomic E-state index is 0.331. The molecule has 28 heavy (non-hydrogen) atoms. The third-order valence-electron chi connectivity index (χ3n) is 3.79. The molecule has 3 rings (SSSR count). The second kappa shape index (κ2) is 9.44. The maximum Gasteiger partial charge on any atom is 0.271 e. The van der Waals surface area contributed by atoms with E-state index in [-0.39, 0.29) is 5.91 Å². The molecule has 2 aromatic carbocycles. The molecule has 144 valence electrons. The van der Waals surface area contributed by atoms with Crippen molar-refractivity contribution in [3.05, 3.63) is 76.0 Å². The number of carbonyl (C=O) groups is 1. The number of carbonyl (C=O) groups excluding carboxylic acids is 1. The average Bonchev–Trinajstić information content (AvgIpc) is 3.17. The lowest BCUT2D eigenvalue weighted by Gasteiger charge is -2.05. The van der Waals surface area contributed by atoms with Crippen LogP contribution in [0, 0.1) is 0 Å². The van der Waals surface area contributed by atoms with E-state index in [9.17, 15) is 4.79 Å². The standard InChI is InChI=1S/C21H18Cl2N2O3/c1-2-12-27-15-8-6-14(7-9-15)21(26)25-24-13-16-10-11-19(28-16)17-4-3-5-18(22)20(17)23/h3-11,13H,2,12H2,1H3,(H,25,26)/b24-13-. The highest BCUT2D eigenvalue weighted by Crippen LogP contribution is 2.34. The lowest BCUT2D eigenvalue weighted by molar-refractivity contribution is 0.0955. The predicted molar refractivity (Wildman–Crippen MR) is 111 cm³/mol. The van der Waals surface area contributed by atoms with Crippen molar-refractivity contribution >= 4 is 35.3 Å². The summed E-state index contributed by atoms with van der Waals surface area (Å²) in [6, 6.07) is 15.7. The van der Waals surface area contributed by atoms with Crippen LogP contribution in [0.25, 0.3) is 11.3 Å². The molecule has 1 amide bonds. The Bertz CT molecular complexity index is 982. The number of hydrazone groups is 1. The molecule has 0 aliphatic carbocycles. The molecule has 0 bridgehead atoms. The molecule has 0 aliphatic rings. The van der Waals surface area contributed by atoms with Crippen LogP contribution in [0.3, 0.4) is 0 Å². The summed E-state index contributed by atoms with van der Waals surface area (Å²) in [5.74, 6) is 1.42. The number of hydrogen-bond acceptors (Lipinski definition) is 4. The zero-order valence-electron chi connectivity index (χ0n) is 15.1. The highest BCUT2D eigenvalue weighted by atomic mass is 35.5. The molecular formula is C21H18Cl2N2O3. The summed E-state index contributed by atoms with van der Waals surface area (Å²) >= 11 is 12.2. The van der Waals surface area contributed by atoms with E-state index in [1.165, 1.54) is 6.21 Å². The second-order valence-corrected chi connectivity index (χ2v) is 6.66. The van der Waals surface area contributed by atoms with Crippen molar-refractivity contribution in [1.82, 2.24) is 5.43 Å². The molecule has 0 atom stereocenters. The Hall–Kier alpha value is -2.76. The van der Waals surface area contributed by atoms with E-state index < -0.39 is 0 Å². The molecule has 1 heterocycles. The van der Waals surface area contributed by atoms with Crippen LogP contribution in [0.2, 0.25) is 10.0 Å². The Labute approximate surface area is 172 Å². The van der Waals surface area contributed by atoms with E-state index in [4.69, 9.17) is 32.4 Å². The molecule has 0 fully saturated rings. The summed E-state index contributed by atoms with van der Waals surface area (Å²) in [5.41, 5.74) is 3.62. The fourth-order valence-electron chi connectivity index (χ4n) is 2.40. The predicted octanol–water partition coefficient (Wildman–Crippen LogP) is 5.81. The lowest BCUT2D eigenvalue weighted by atomic mass is 10.2. The van der Waals surface area contributed by atoms with Crippen LogP contribution >= 0.6 is 23.2 Å². The Morgan fingerprint density at radius 3 is 2.68 bits per heavy atom. The van der Waals surface area contributed by atoms with Crippen LogP contribution in [0.15, 0.2) is 64.1 Å². The van der Waals surface area contributed by atoms with Crippen molar-refractivity contribution in [1.29, 1.82) is 0 Å². The molecule has 0 aliphatic heterocycles. The molecule has 0 spiro atoms. The van der Waals surface area contributed by atoms with Gasteiger partial charge in [-0.3, -0.25) is 4.79 Å². The molecule has 0 unspecified atom stereocenters. The van der Waals surface area contributed by atoms with E-state index >= 15 is 0 Å². The van der Waals surface area contributed by atoms with Crippen LogP contribution in [-0.2, 0) is 0 Å². The van der Waals surface area contributed by atoms with Gasteiger partial charge in [-0.2, -0.15) is 5.10 Å². The maximum atomic E-state index is 12.1. The summed E-state index contributed by atoms with van der Waals surface area (Å²) in [6.07, 6.45) is 2.34. The number of ether oxygens (including phenoxy) is 1. The maximum absolute atomic E-state index is 12.1. The van der Waals surface area contributed by atoms with Crippen LogP contribution in [-0.4, -0.2) is 18.7 Å². The molecular weight excluding hydrogens is 399 g/mol. The Morgan fingerprint density at radius 1 is 1.14 bits per heavy atom. The molecule has 0 saturated carbocycles. The number of hydrogen-bond donors (Lipinski definition) is 1. The van der Waals surface area contributed by atoms with E-state index in [1.807, 2.05) is 13.0 Å². The van der Waals surface area contributed by atoms with Crippen LogP contribution in [0.4, 0.5) is 0 Å². The van der Waals surface area contributed by atoms with Gasteiger partial charge in [-0.05, 0) is 55.0 Å². The number of benzene rings is 2. The largest absolute Gasteiger partial charge is 0.494 e. The van der Waals surface area contributed by atoms with Gasteiger partial charge in [0.2, 0.25) is 0 Å². The van der Waals surface area contributed by atoms with Crippen molar-refractivity contribution in [2.45, 2.75) is 13.3 Å². The molecule has 0 saturated heterocycles. The summed E-state index contributed by atoms with van der Waals surface area (Å²) in [6.45, 7) is 2.67. The van der Waals surface area contributed by atoms with Crippen LogP contribution < -0.4 is 10.2 Å². The molecule has 0 radical (unpaired) electrons. The number of furan rings is 1. The van der Waals surface area contributed by atoms with E-state index in [0.717, 1.165) is 12.2 Å². The molecule has 1 N–H and O–H groups in total. The van der Waals surface area contributed by atoms with Gasteiger partial charge in [0.1, 0.15) is 17.3 Å². The van der Waals surface area contributed by atoms with Gasteiger partial charge in [0, 0.05) is 11.1 Å². The minimum atomic E-state index is -0.331. The fraction of sp³-hybridized carbons (Fsp3) is 0.143. The Morgan fingerprint density at radius 2 is 1.93 bits per heavy atom. The third kappa shape index (κ3) is 4.94. The van der Waals surface area contributed by atoms with E-state index in [1.54, 1.807) is 48.5 Å². The van der Waals surface area contributed by atoms with Crippen molar-refractivity contribution in [2.24, 2.45) is 5.10 Å². The average molecular weight is 417 g/mol. The topological polar surface area (TPSA) is 63.8 Å². The fourth-order valence-corrected chi connectivity index (χ4v) is 2.80. The normalized spacial score (nSPS) is 11.0. The quantitative estimate of drug-likeness (QED) is 0.390. The minimum Gasteiger partial charge on any atom is -0.494 e. The number of halogens is 2. The first-order valence-electron chi connectivity index (χ1n) is 8.69. The summed E-state index contributed by atoms with van der Waals surface area (Å²) in [5, 5.41) is 4.79. The Balaban J connectivity index is 1.61. The van der Waals surface area contributed by atoms with Crippen molar-refractivity contribution in [3.63, 3.8) is 0 Å². The summed E-state index contributed by atoms with van der Waals surface area (Å²) in [4.78, 5) is 12.1. The molecule has 3 aromatic rings. The third-order valence-corrected chi connectivity index (χ3v) is 4.61. The van der Waals surface area contributed by atoms with Gasteiger partial charge in [0.25, 0.3) is 5.91 Å². The van der Waals surface area contributed by atoms with Gasteiger partial charge in [-0.25, -0.2) is 5.43 Å². The molecule has 5 nitrogen and oxygen atoms in total. The SMILES string of the molecule is CCCOc1ccc(C(=O)N/N=C\c2ccc(-c3cccc(Cl)c3Cl)o2)cc1. The van der Waals surface area contributed by atoms with Gasteiger partial charge in [0.05, 0.1) is 22.9 Å². The highest BCUT2D eigenvalue weighted by Gasteiger charge is 2.10. The van der Waals surface area contributed by atoms with Crippen molar-refractivity contribution < 1.29 is 13.9 Å². The second-order valence-electron chi connectivity index (χ2n) is 5.88. The zero-order chi connectivity index (χ0) is 19.9. The van der Waals surface area contributed by atoms with Crippen molar-refractivity contribution in [3.8, 4) is 17.1 Å². The first-order valence-corrected chi connectivity index (χ1v) is 9.44. The number of amides is 1. The number of nitrogens with one attached hydrogen (secondary N) is 1. The number of rotatable bonds is 7. The van der Waals surface area contributed by atoms with Gasteiger partial charge >= 0.3 is 0 Å². The Kier molecular flexibility index (Phi) is 6.74. The van der Waals surface area contributed by atoms with Crippen molar-refractivity contribution in [2.75, 3.05) is 6.61 Å². The summed E-state index contributed by atoms with van der Waals surface area (Å²) in [7, 11) is 0. The highest BCUT2D eigenvalue weighted by molar-refractivity contribution is 6.43. The number of nitrogens with zero attached hydrogens (tertiary/aromatic N) is 1. The lowest BCUT2D eigenvalue weighted by Crippen LogP contribution is -2.17. The summed E-state index contributed by atoms with van der Waals surface area (Å²) < 4.78 is 11.2. The van der Waals surface area contributed by atoms with Gasteiger partial charge in [-0.15, -0.1) is 0 Å². The van der Waals surface area contributed by atoms with Gasteiger partial charge < -0.3 is 9.15 Å². The first kappa shape index (κ1) is 20.0.